The van der Waals surface area contributed by atoms with Crippen LogP contribution >= 0.6 is 0 Å². The van der Waals surface area contributed by atoms with Gasteiger partial charge in [-0.1, -0.05) is 6.92 Å². The second-order valence-corrected chi connectivity index (χ2v) is 6.22. The number of rotatable bonds is 6. The lowest BCUT2D eigenvalue weighted by Gasteiger charge is -2.25. The van der Waals surface area contributed by atoms with Gasteiger partial charge in [0.2, 0.25) is 0 Å². The Morgan fingerprint density at radius 1 is 1.33 bits per heavy atom. The molecule has 0 bridgehead atoms. The minimum Gasteiger partial charge on any atom is -0.397 e. The van der Waals surface area contributed by atoms with Gasteiger partial charge in [0.05, 0.1) is 22.9 Å². The molecule has 0 heterocycles. The number of benzene rings is 1. The molecular weight excluding hydrogens is 252 g/mol. The van der Waals surface area contributed by atoms with Crippen LogP contribution in [0.1, 0.15) is 13.3 Å². The van der Waals surface area contributed by atoms with Crippen molar-refractivity contribution < 1.29 is 13.5 Å². The quantitative estimate of drug-likeness (QED) is 0.751. The van der Waals surface area contributed by atoms with E-state index in [1.807, 2.05) is 11.8 Å². The van der Waals surface area contributed by atoms with Gasteiger partial charge >= 0.3 is 0 Å². The third-order valence-electron chi connectivity index (χ3n) is 2.63. The highest BCUT2D eigenvalue weighted by Gasteiger charge is 2.13. The van der Waals surface area contributed by atoms with Crippen molar-refractivity contribution in [1.82, 2.24) is 0 Å². The van der Waals surface area contributed by atoms with Gasteiger partial charge in [0.25, 0.3) is 0 Å². The smallest absolute Gasteiger partial charge is 0.175 e. The van der Waals surface area contributed by atoms with Crippen molar-refractivity contribution in [3.05, 3.63) is 18.2 Å². The summed E-state index contributed by atoms with van der Waals surface area (Å²) < 4.78 is 22.8. The SMILES string of the molecule is CCCN(CCO)c1ccc(S(C)(=O)=O)cc1N. The summed E-state index contributed by atoms with van der Waals surface area (Å²) in [6.07, 6.45) is 2.08. The van der Waals surface area contributed by atoms with E-state index >= 15 is 0 Å². The fourth-order valence-electron chi connectivity index (χ4n) is 1.79. The van der Waals surface area contributed by atoms with E-state index < -0.39 is 9.84 Å². The molecule has 1 aromatic rings. The first-order valence-electron chi connectivity index (χ1n) is 5.85. The van der Waals surface area contributed by atoms with E-state index in [4.69, 9.17) is 10.8 Å². The van der Waals surface area contributed by atoms with Gasteiger partial charge in [-0.05, 0) is 24.6 Å². The van der Waals surface area contributed by atoms with Crippen molar-refractivity contribution in [2.24, 2.45) is 0 Å². The summed E-state index contributed by atoms with van der Waals surface area (Å²) in [7, 11) is -3.24. The largest absolute Gasteiger partial charge is 0.397 e. The van der Waals surface area contributed by atoms with Gasteiger partial charge in [-0.25, -0.2) is 8.42 Å². The van der Waals surface area contributed by atoms with Crippen molar-refractivity contribution >= 4 is 21.2 Å². The van der Waals surface area contributed by atoms with Crippen LogP contribution in [-0.4, -0.2) is 39.5 Å². The fraction of sp³-hybridized carbons (Fsp3) is 0.500. The summed E-state index contributed by atoms with van der Waals surface area (Å²) in [6.45, 7) is 3.32. The Bertz CT molecular complexity index is 494. The van der Waals surface area contributed by atoms with Gasteiger partial charge in [0.1, 0.15) is 0 Å². The standard InChI is InChI=1S/C12H20N2O3S/c1-3-6-14(7-8-15)12-5-4-10(9-11(12)13)18(2,16)17/h4-5,9,15H,3,6-8,13H2,1-2H3. The Labute approximate surface area is 108 Å². The number of aliphatic hydroxyl groups is 1. The molecule has 102 valence electrons. The molecule has 0 saturated heterocycles. The number of sulfone groups is 1. The number of hydrogen-bond acceptors (Lipinski definition) is 5. The van der Waals surface area contributed by atoms with Gasteiger partial charge in [-0.2, -0.15) is 0 Å². The van der Waals surface area contributed by atoms with E-state index in [-0.39, 0.29) is 11.5 Å². The van der Waals surface area contributed by atoms with Crippen LogP contribution < -0.4 is 10.6 Å². The summed E-state index contributed by atoms with van der Waals surface area (Å²) in [5, 5.41) is 9.02. The lowest BCUT2D eigenvalue weighted by atomic mass is 10.2. The monoisotopic (exact) mass is 272 g/mol. The van der Waals surface area contributed by atoms with E-state index in [1.165, 1.54) is 6.07 Å². The molecule has 5 nitrogen and oxygen atoms in total. The number of nitrogen functional groups attached to an aromatic ring is 1. The minimum absolute atomic E-state index is 0.0350. The molecule has 3 N–H and O–H groups in total. The third kappa shape index (κ3) is 3.61. The van der Waals surface area contributed by atoms with Crippen molar-refractivity contribution in [2.75, 3.05) is 36.6 Å². The predicted molar refractivity (Wildman–Crippen MR) is 73.6 cm³/mol. The maximum Gasteiger partial charge on any atom is 0.175 e. The molecule has 0 unspecified atom stereocenters. The second kappa shape index (κ2) is 6.06. The molecule has 0 aliphatic rings. The molecule has 0 aromatic heterocycles. The van der Waals surface area contributed by atoms with Crippen LogP contribution in [0, 0.1) is 0 Å². The van der Waals surface area contributed by atoms with Crippen molar-refractivity contribution in [1.29, 1.82) is 0 Å². The van der Waals surface area contributed by atoms with E-state index in [0.717, 1.165) is 24.9 Å². The van der Waals surface area contributed by atoms with Crippen molar-refractivity contribution in [2.45, 2.75) is 18.2 Å². The fourth-order valence-corrected chi connectivity index (χ4v) is 2.45. The van der Waals surface area contributed by atoms with E-state index in [2.05, 4.69) is 0 Å². The predicted octanol–water partition coefficient (Wildman–Crippen LogP) is 0.881. The number of anilines is 2. The molecule has 0 fully saturated rings. The lowest BCUT2D eigenvalue weighted by molar-refractivity contribution is 0.302. The Kier molecular flexibility index (Phi) is 4.98. The number of nitrogens with zero attached hydrogens (tertiary/aromatic N) is 1. The molecule has 6 heteroatoms. The molecule has 0 saturated carbocycles. The summed E-state index contributed by atoms with van der Waals surface area (Å²) in [4.78, 5) is 2.16. The molecule has 0 aliphatic carbocycles. The average molecular weight is 272 g/mol. The minimum atomic E-state index is -3.24. The third-order valence-corrected chi connectivity index (χ3v) is 3.74. The first-order valence-corrected chi connectivity index (χ1v) is 7.74. The summed E-state index contributed by atoms with van der Waals surface area (Å²) in [5.41, 5.74) is 7.07. The van der Waals surface area contributed by atoms with Crippen LogP contribution in [-0.2, 0) is 9.84 Å². The van der Waals surface area contributed by atoms with Crippen LogP contribution in [0.4, 0.5) is 11.4 Å². The Morgan fingerprint density at radius 2 is 2.00 bits per heavy atom. The Balaban J connectivity index is 3.10. The van der Waals surface area contributed by atoms with Crippen LogP contribution in [0.15, 0.2) is 23.1 Å². The van der Waals surface area contributed by atoms with Crippen LogP contribution in [0.5, 0.6) is 0 Å². The van der Waals surface area contributed by atoms with E-state index in [0.29, 0.717) is 12.2 Å². The first-order chi connectivity index (χ1) is 8.40. The van der Waals surface area contributed by atoms with Crippen LogP contribution in [0.2, 0.25) is 0 Å². The summed E-state index contributed by atoms with van der Waals surface area (Å²) in [5.74, 6) is 0. The normalized spacial score (nSPS) is 11.5. The first kappa shape index (κ1) is 14.8. The molecule has 0 spiro atoms. The second-order valence-electron chi connectivity index (χ2n) is 4.20. The maximum absolute atomic E-state index is 11.4. The molecular formula is C12H20N2O3S. The Morgan fingerprint density at radius 3 is 2.44 bits per heavy atom. The number of aliphatic hydroxyl groups excluding tert-OH is 1. The zero-order valence-electron chi connectivity index (χ0n) is 10.8. The average Bonchev–Trinajstić information content (AvgIpc) is 2.27. The van der Waals surface area contributed by atoms with Gasteiger partial charge in [0.15, 0.2) is 9.84 Å². The topological polar surface area (TPSA) is 83.6 Å². The summed E-state index contributed by atoms with van der Waals surface area (Å²) >= 11 is 0. The van der Waals surface area contributed by atoms with Crippen LogP contribution in [0.25, 0.3) is 0 Å². The molecule has 18 heavy (non-hydrogen) atoms. The van der Waals surface area contributed by atoms with Crippen LogP contribution in [0.3, 0.4) is 0 Å². The zero-order valence-corrected chi connectivity index (χ0v) is 11.6. The highest BCUT2D eigenvalue weighted by atomic mass is 32.2. The Hall–Kier alpha value is -1.27. The van der Waals surface area contributed by atoms with E-state index in [9.17, 15) is 8.42 Å². The summed E-state index contributed by atoms with van der Waals surface area (Å²) in [6, 6.07) is 4.70. The zero-order chi connectivity index (χ0) is 13.8. The number of nitrogens with two attached hydrogens (primary N) is 1. The van der Waals surface area contributed by atoms with Crippen molar-refractivity contribution in [3.63, 3.8) is 0 Å². The van der Waals surface area contributed by atoms with Crippen molar-refractivity contribution in [3.8, 4) is 0 Å². The van der Waals surface area contributed by atoms with Gasteiger partial charge in [-0.3, -0.25) is 0 Å². The highest BCUT2D eigenvalue weighted by Crippen LogP contribution is 2.26. The lowest BCUT2D eigenvalue weighted by Crippen LogP contribution is -2.28. The molecule has 0 aliphatic heterocycles. The van der Waals surface area contributed by atoms with E-state index in [1.54, 1.807) is 12.1 Å². The highest BCUT2D eigenvalue weighted by molar-refractivity contribution is 7.90. The maximum atomic E-state index is 11.4. The molecule has 0 atom stereocenters. The molecule has 0 radical (unpaired) electrons. The molecule has 1 rings (SSSR count). The van der Waals surface area contributed by atoms with Gasteiger partial charge in [0, 0.05) is 19.3 Å². The van der Waals surface area contributed by atoms with Gasteiger partial charge in [-0.15, -0.1) is 0 Å². The number of hydrogen-bond donors (Lipinski definition) is 2. The molecule has 1 aromatic carbocycles. The van der Waals surface area contributed by atoms with Gasteiger partial charge < -0.3 is 15.7 Å². The molecule has 0 amide bonds.